The van der Waals surface area contributed by atoms with Crippen LogP contribution in [0.4, 0.5) is 0 Å². The molecule has 0 amide bonds. The van der Waals surface area contributed by atoms with E-state index in [1.54, 1.807) is 0 Å². The van der Waals surface area contributed by atoms with Gasteiger partial charge in [-0.1, -0.05) is 25.5 Å². The highest BCUT2D eigenvalue weighted by Gasteiger charge is 2.00. The van der Waals surface area contributed by atoms with Gasteiger partial charge in [-0.15, -0.1) is 0 Å². The standard InChI is InChI=1S/C13H27N/c1-6-13(4)9-7-8-10-14(5)11-12(2)3/h6,12H,7-11H2,1-5H3/b13-6+. The van der Waals surface area contributed by atoms with E-state index in [9.17, 15) is 0 Å². The van der Waals surface area contributed by atoms with Crippen molar-refractivity contribution < 1.29 is 0 Å². The Morgan fingerprint density at radius 2 is 1.93 bits per heavy atom. The molecule has 1 nitrogen and oxygen atoms in total. The van der Waals surface area contributed by atoms with E-state index < -0.39 is 0 Å². The molecule has 0 fully saturated rings. The monoisotopic (exact) mass is 197 g/mol. The number of allylic oxidation sites excluding steroid dienone is 2. The van der Waals surface area contributed by atoms with Crippen molar-refractivity contribution in [3.8, 4) is 0 Å². The molecule has 0 rings (SSSR count). The van der Waals surface area contributed by atoms with E-state index in [1.807, 2.05) is 0 Å². The van der Waals surface area contributed by atoms with E-state index >= 15 is 0 Å². The summed E-state index contributed by atoms with van der Waals surface area (Å²) in [6, 6.07) is 0. The minimum absolute atomic E-state index is 0.789. The van der Waals surface area contributed by atoms with Gasteiger partial charge in [0.15, 0.2) is 0 Å². The first-order valence-corrected chi connectivity index (χ1v) is 5.86. The fraction of sp³-hybridized carbons (Fsp3) is 0.846. The molecule has 0 aliphatic carbocycles. The quantitative estimate of drug-likeness (QED) is 0.444. The lowest BCUT2D eigenvalue weighted by molar-refractivity contribution is 0.290. The Labute approximate surface area is 90.2 Å². The van der Waals surface area contributed by atoms with E-state index in [0.717, 1.165) is 5.92 Å². The summed E-state index contributed by atoms with van der Waals surface area (Å²) in [5, 5.41) is 0. The Morgan fingerprint density at radius 1 is 1.29 bits per heavy atom. The molecule has 0 aliphatic rings. The first-order valence-electron chi connectivity index (χ1n) is 5.86. The van der Waals surface area contributed by atoms with Gasteiger partial charge in [-0.05, 0) is 52.6 Å². The van der Waals surface area contributed by atoms with Gasteiger partial charge < -0.3 is 4.90 Å². The third-order valence-corrected chi connectivity index (χ3v) is 2.53. The van der Waals surface area contributed by atoms with Crippen LogP contribution < -0.4 is 0 Å². The molecule has 0 spiro atoms. The maximum Gasteiger partial charge on any atom is 0.000133 e. The molecular formula is C13H27N. The van der Waals surface area contributed by atoms with Crippen molar-refractivity contribution in [1.82, 2.24) is 4.90 Å². The van der Waals surface area contributed by atoms with Crippen LogP contribution in [0, 0.1) is 5.92 Å². The smallest absolute Gasteiger partial charge is 0.000133 e. The summed E-state index contributed by atoms with van der Waals surface area (Å²) in [5.74, 6) is 0.789. The van der Waals surface area contributed by atoms with Gasteiger partial charge in [0.25, 0.3) is 0 Å². The molecule has 84 valence electrons. The van der Waals surface area contributed by atoms with Crippen LogP contribution in [0.2, 0.25) is 0 Å². The van der Waals surface area contributed by atoms with Gasteiger partial charge in [-0.2, -0.15) is 0 Å². The van der Waals surface area contributed by atoms with Crippen LogP contribution in [0.1, 0.15) is 47.0 Å². The zero-order valence-corrected chi connectivity index (χ0v) is 10.6. The van der Waals surface area contributed by atoms with Gasteiger partial charge >= 0.3 is 0 Å². The van der Waals surface area contributed by atoms with Crippen molar-refractivity contribution >= 4 is 0 Å². The van der Waals surface area contributed by atoms with Crippen LogP contribution in [0.15, 0.2) is 11.6 Å². The topological polar surface area (TPSA) is 3.24 Å². The second-order valence-electron chi connectivity index (χ2n) is 4.75. The van der Waals surface area contributed by atoms with Gasteiger partial charge in [-0.3, -0.25) is 0 Å². The Morgan fingerprint density at radius 3 is 2.43 bits per heavy atom. The normalized spacial score (nSPS) is 12.9. The molecule has 0 aromatic heterocycles. The first-order chi connectivity index (χ1) is 6.56. The van der Waals surface area contributed by atoms with Gasteiger partial charge in [0.2, 0.25) is 0 Å². The summed E-state index contributed by atoms with van der Waals surface area (Å²) in [5.41, 5.74) is 1.52. The van der Waals surface area contributed by atoms with Crippen LogP contribution in [0.25, 0.3) is 0 Å². The van der Waals surface area contributed by atoms with Crippen LogP contribution in [0.5, 0.6) is 0 Å². The predicted octanol–water partition coefficient (Wildman–Crippen LogP) is 3.71. The number of hydrogen-bond acceptors (Lipinski definition) is 1. The molecule has 0 bridgehead atoms. The Hall–Kier alpha value is -0.300. The Bertz CT molecular complexity index is 159. The maximum absolute atomic E-state index is 2.44. The molecule has 1 heteroatoms. The molecule has 0 heterocycles. The van der Waals surface area contributed by atoms with E-state index in [4.69, 9.17) is 0 Å². The SMILES string of the molecule is C/C=C(\C)CCCCN(C)CC(C)C. The van der Waals surface area contributed by atoms with Crippen LogP contribution in [-0.2, 0) is 0 Å². The molecule has 14 heavy (non-hydrogen) atoms. The van der Waals surface area contributed by atoms with Crippen molar-refractivity contribution in [2.75, 3.05) is 20.1 Å². The summed E-state index contributed by atoms with van der Waals surface area (Å²) in [6.45, 7) is 11.4. The molecule has 0 saturated carbocycles. The molecular weight excluding hydrogens is 170 g/mol. The predicted molar refractivity (Wildman–Crippen MR) is 65.6 cm³/mol. The van der Waals surface area contributed by atoms with E-state index in [-0.39, 0.29) is 0 Å². The molecule has 0 atom stereocenters. The second-order valence-corrected chi connectivity index (χ2v) is 4.75. The van der Waals surface area contributed by atoms with Crippen molar-refractivity contribution in [2.24, 2.45) is 5.92 Å². The van der Waals surface area contributed by atoms with Crippen molar-refractivity contribution in [3.63, 3.8) is 0 Å². The molecule has 0 aromatic rings. The number of unbranched alkanes of at least 4 members (excludes halogenated alkanes) is 1. The molecule has 0 radical (unpaired) electrons. The summed E-state index contributed by atoms with van der Waals surface area (Å²) in [4.78, 5) is 2.44. The maximum atomic E-state index is 2.44. The van der Waals surface area contributed by atoms with Gasteiger partial charge in [0.05, 0.1) is 0 Å². The summed E-state index contributed by atoms with van der Waals surface area (Å²) in [6.07, 6.45) is 6.15. The number of nitrogens with zero attached hydrogens (tertiary/aromatic N) is 1. The van der Waals surface area contributed by atoms with Gasteiger partial charge in [-0.25, -0.2) is 0 Å². The largest absolute Gasteiger partial charge is 0.306 e. The summed E-state index contributed by atoms with van der Waals surface area (Å²) in [7, 11) is 2.22. The highest BCUT2D eigenvalue weighted by molar-refractivity contribution is 4.94. The average Bonchev–Trinajstić information content (AvgIpc) is 2.10. The van der Waals surface area contributed by atoms with Crippen LogP contribution in [-0.4, -0.2) is 25.0 Å². The van der Waals surface area contributed by atoms with Crippen molar-refractivity contribution in [1.29, 1.82) is 0 Å². The number of hydrogen-bond donors (Lipinski definition) is 0. The van der Waals surface area contributed by atoms with Crippen LogP contribution in [0.3, 0.4) is 0 Å². The van der Waals surface area contributed by atoms with Gasteiger partial charge in [0, 0.05) is 6.54 Å². The summed E-state index contributed by atoms with van der Waals surface area (Å²) < 4.78 is 0. The second kappa shape index (κ2) is 8.05. The fourth-order valence-corrected chi connectivity index (χ4v) is 1.64. The van der Waals surface area contributed by atoms with Crippen molar-refractivity contribution in [3.05, 3.63) is 11.6 Å². The first kappa shape index (κ1) is 13.7. The lowest BCUT2D eigenvalue weighted by Gasteiger charge is -2.18. The zero-order chi connectivity index (χ0) is 11.0. The highest BCUT2D eigenvalue weighted by atomic mass is 15.1. The molecule has 0 saturated heterocycles. The van der Waals surface area contributed by atoms with Gasteiger partial charge in [0.1, 0.15) is 0 Å². The highest BCUT2D eigenvalue weighted by Crippen LogP contribution is 2.07. The molecule has 0 aromatic carbocycles. The Kier molecular flexibility index (Phi) is 7.87. The van der Waals surface area contributed by atoms with Crippen LogP contribution >= 0.6 is 0 Å². The van der Waals surface area contributed by atoms with Crippen molar-refractivity contribution in [2.45, 2.75) is 47.0 Å². The molecule has 0 N–H and O–H groups in total. The van der Waals surface area contributed by atoms with E-state index in [2.05, 4.69) is 45.7 Å². The Balaban J connectivity index is 3.36. The third kappa shape index (κ3) is 8.31. The minimum atomic E-state index is 0.789. The average molecular weight is 197 g/mol. The summed E-state index contributed by atoms with van der Waals surface area (Å²) >= 11 is 0. The number of rotatable bonds is 7. The lowest BCUT2D eigenvalue weighted by atomic mass is 10.1. The zero-order valence-electron chi connectivity index (χ0n) is 10.6. The van der Waals surface area contributed by atoms with E-state index in [0.29, 0.717) is 0 Å². The molecule has 0 unspecified atom stereocenters. The van der Waals surface area contributed by atoms with E-state index in [1.165, 1.54) is 37.9 Å². The minimum Gasteiger partial charge on any atom is -0.306 e. The molecule has 0 aliphatic heterocycles. The third-order valence-electron chi connectivity index (χ3n) is 2.53. The fourth-order valence-electron chi connectivity index (χ4n) is 1.64. The lowest BCUT2D eigenvalue weighted by Crippen LogP contribution is -2.24.